The number of methoxy groups -OCH3 is 1. The fourth-order valence-corrected chi connectivity index (χ4v) is 3.00. The van der Waals surface area contributed by atoms with Gasteiger partial charge < -0.3 is 15.4 Å². The van der Waals surface area contributed by atoms with E-state index in [1.807, 2.05) is 13.0 Å². The Labute approximate surface area is 178 Å². The Morgan fingerprint density at radius 2 is 1.93 bits per heavy atom. The largest absolute Gasteiger partial charge is 0.494 e. The minimum absolute atomic E-state index is 0.0577. The first-order valence-electron chi connectivity index (χ1n) is 8.78. The first kappa shape index (κ1) is 21.8. The Hall–Kier alpha value is -2.45. The van der Waals surface area contributed by atoms with Crippen LogP contribution in [0.5, 0.6) is 5.75 Å². The molecule has 8 heteroatoms. The van der Waals surface area contributed by atoms with Gasteiger partial charge in [-0.15, -0.1) is 0 Å². The number of benzene rings is 2. The average molecular weight is 464 g/mol. The number of thiocarbonyl (C=S) groups is 1. The van der Waals surface area contributed by atoms with Gasteiger partial charge in [0.25, 0.3) is 5.91 Å². The third kappa shape index (κ3) is 6.61. The van der Waals surface area contributed by atoms with E-state index in [1.165, 1.54) is 7.11 Å². The van der Waals surface area contributed by atoms with Gasteiger partial charge in [0.1, 0.15) is 5.75 Å². The predicted octanol–water partition coefficient (Wildman–Crippen LogP) is 4.71. The zero-order valence-electron chi connectivity index (χ0n) is 15.7. The summed E-state index contributed by atoms with van der Waals surface area (Å²) in [6, 6.07) is 12.2. The smallest absolute Gasteiger partial charge is 0.257 e. The van der Waals surface area contributed by atoms with Gasteiger partial charge in [0, 0.05) is 28.2 Å². The minimum Gasteiger partial charge on any atom is -0.494 e. The number of halogens is 1. The summed E-state index contributed by atoms with van der Waals surface area (Å²) in [5.74, 6) is 0.124. The van der Waals surface area contributed by atoms with Gasteiger partial charge in [0.05, 0.1) is 12.8 Å². The molecule has 0 spiro atoms. The van der Waals surface area contributed by atoms with Crippen molar-refractivity contribution < 1.29 is 14.3 Å². The maximum absolute atomic E-state index is 12.3. The van der Waals surface area contributed by atoms with Crippen LogP contribution in [0.1, 0.15) is 36.5 Å². The molecule has 0 unspecified atom stereocenters. The number of hydrogen-bond acceptors (Lipinski definition) is 4. The Morgan fingerprint density at radius 3 is 2.61 bits per heavy atom. The summed E-state index contributed by atoms with van der Waals surface area (Å²) in [6.07, 6.45) is 2.25. The highest BCUT2D eigenvalue weighted by molar-refractivity contribution is 9.10. The number of carbonyl (C=O) groups is 2. The maximum atomic E-state index is 12.3. The second-order valence-electron chi connectivity index (χ2n) is 5.99. The SMILES string of the molecule is CCCCC(=O)Nc1ccc(NC(=S)NC(=O)c2cccc(Br)c2)cc1OC. The molecule has 2 amide bonds. The van der Waals surface area contributed by atoms with E-state index in [4.69, 9.17) is 17.0 Å². The van der Waals surface area contributed by atoms with Crippen LogP contribution in [-0.2, 0) is 4.79 Å². The molecular weight excluding hydrogens is 442 g/mol. The molecule has 3 N–H and O–H groups in total. The van der Waals surface area contributed by atoms with Gasteiger partial charge in [0.15, 0.2) is 5.11 Å². The molecule has 2 aromatic rings. The highest BCUT2D eigenvalue weighted by atomic mass is 79.9. The zero-order valence-corrected chi connectivity index (χ0v) is 18.1. The van der Waals surface area contributed by atoms with Crippen LogP contribution >= 0.6 is 28.1 Å². The monoisotopic (exact) mass is 463 g/mol. The molecule has 0 fully saturated rings. The topological polar surface area (TPSA) is 79.5 Å². The van der Waals surface area contributed by atoms with E-state index in [0.717, 1.165) is 17.3 Å². The van der Waals surface area contributed by atoms with Gasteiger partial charge in [-0.25, -0.2) is 0 Å². The molecule has 0 aromatic heterocycles. The Morgan fingerprint density at radius 1 is 1.14 bits per heavy atom. The van der Waals surface area contributed by atoms with Crippen LogP contribution in [0, 0.1) is 0 Å². The molecule has 2 aromatic carbocycles. The van der Waals surface area contributed by atoms with E-state index < -0.39 is 0 Å². The Bertz CT molecular complexity index is 874. The van der Waals surface area contributed by atoms with Crippen LogP contribution in [-0.4, -0.2) is 24.0 Å². The highest BCUT2D eigenvalue weighted by Gasteiger charge is 2.11. The van der Waals surface area contributed by atoms with Crippen molar-refractivity contribution in [2.45, 2.75) is 26.2 Å². The summed E-state index contributed by atoms with van der Waals surface area (Å²) < 4.78 is 6.15. The highest BCUT2D eigenvalue weighted by Crippen LogP contribution is 2.28. The lowest BCUT2D eigenvalue weighted by Crippen LogP contribution is -2.34. The van der Waals surface area contributed by atoms with E-state index in [2.05, 4.69) is 31.9 Å². The standard InChI is InChI=1S/C20H22BrN3O3S/c1-3-4-8-18(25)23-16-10-9-15(12-17(16)27-2)22-20(28)24-19(26)13-6-5-7-14(21)11-13/h5-7,9-12H,3-4,8H2,1-2H3,(H,23,25)(H2,22,24,26,28). The molecule has 0 heterocycles. The van der Waals surface area contributed by atoms with Crippen molar-refractivity contribution in [2.24, 2.45) is 0 Å². The number of rotatable bonds is 7. The van der Waals surface area contributed by atoms with Crippen molar-refractivity contribution in [2.75, 3.05) is 17.7 Å². The molecule has 0 saturated heterocycles. The normalized spacial score (nSPS) is 10.1. The molecule has 0 bridgehead atoms. The van der Waals surface area contributed by atoms with Gasteiger partial charge in [-0.3, -0.25) is 14.9 Å². The zero-order chi connectivity index (χ0) is 20.5. The van der Waals surface area contributed by atoms with Gasteiger partial charge in [-0.05, 0) is 49.0 Å². The lowest BCUT2D eigenvalue weighted by Gasteiger charge is -2.14. The van der Waals surface area contributed by atoms with E-state index in [9.17, 15) is 9.59 Å². The lowest BCUT2D eigenvalue weighted by molar-refractivity contribution is -0.116. The number of nitrogens with one attached hydrogen (secondary N) is 3. The van der Waals surface area contributed by atoms with Crippen LogP contribution in [0.3, 0.4) is 0 Å². The Kier molecular flexibility index (Phi) is 8.41. The molecule has 0 aliphatic heterocycles. The molecule has 0 saturated carbocycles. The summed E-state index contributed by atoms with van der Waals surface area (Å²) in [5.41, 5.74) is 1.70. The molecule has 0 aliphatic carbocycles. The number of amides is 2. The van der Waals surface area contributed by atoms with Gasteiger partial charge >= 0.3 is 0 Å². The third-order valence-electron chi connectivity index (χ3n) is 3.80. The van der Waals surface area contributed by atoms with E-state index >= 15 is 0 Å². The van der Waals surface area contributed by atoms with Crippen LogP contribution in [0.2, 0.25) is 0 Å². The third-order valence-corrected chi connectivity index (χ3v) is 4.50. The summed E-state index contributed by atoms with van der Waals surface area (Å²) >= 11 is 8.54. The summed E-state index contributed by atoms with van der Waals surface area (Å²) in [6.45, 7) is 2.03. The number of carbonyl (C=O) groups excluding carboxylic acids is 2. The van der Waals surface area contributed by atoms with Crippen LogP contribution < -0.4 is 20.7 Å². The molecule has 0 radical (unpaired) electrons. The van der Waals surface area contributed by atoms with Crippen molar-refractivity contribution in [1.82, 2.24) is 5.32 Å². The molecular formula is C20H22BrN3O3S. The summed E-state index contributed by atoms with van der Waals surface area (Å²) in [7, 11) is 1.52. The number of anilines is 2. The maximum Gasteiger partial charge on any atom is 0.257 e. The van der Waals surface area contributed by atoms with Gasteiger partial charge in [-0.2, -0.15) is 0 Å². The van der Waals surface area contributed by atoms with E-state index in [1.54, 1.807) is 36.4 Å². The van der Waals surface area contributed by atoms with Crippen molar-refractivity contribution in [3.63, 3.8) is 0 Å². The van der Waals surface area contributed by atoms with Crippen LogP contribution in [0.25, 0.3) is 0 Å². The molecule has 6 nitrogen and oxygen atoms in total. The fraction of sp³-hybridized carbons (Fsp3) is 0.250. The molecule has 148 valence electrons. The van der Waals surface area contributed by atoms with Gasteiger partial charge in [0.2, 0.25) is 5.91 Å². The molecule has 28 heavy (non-hydrogen) atoms. The van der Waals surface area contributed by atoms with Crippen LogP contribution in [0.4, 0.5) is 11.4 Å². The first-order valence-corrected chi connectivity index (χ1v) is 9.99. The summed E-state index contributed by atoms with van der Waals surface area (Å²) in [4.78, 5) is 24.2. The quantitative estimate of drug-likeness (QED) is 0.517. The summed E-state index contributed by atoms with van der Waals surface area (Å²) in [5, 5.41) is 8.57. The van der Waals surface area contributed by atoms with Crippen molar-refractivity contribution >= 4 is 56.4 Å². The Balaban J connectivity index is 2.00. The van der Waals surface area contributed by atoms with Crippen molar-refractivity contribution in [1.29, 1.82) is 0 Å². The van der Waals surface area contributed by atoms with Crippen LogP contribution in [0.15, 0.2) is 46.9 Å². The molecule has 2 rings (SSSR count). The minimum atomic E-state index is -0.314. The van der Waals surface area contributed by atoms with E-state index in [0.29, 0.717) is 29.1 Å². The predicted molar refractivity (Wildman–Crippen MR) is 119 cm³/mol. The number of unbranched alkanes of at least 4 members (excludes halogenated alkanes) is 1. The first-order chi connectivity index (χ1) is 13.4. The number of ether oxygens (including phenoxy) is 1. The van der Waals surface area contributed by atoms with E-state index in [-0.39, 0.29) is 16.9 Å². The van der Waals surface area contributed by atoms with Crippen molar-refractivity contribution in [3.05, 3.63) is 52.5 Å². The second-order valence-corrected chi connectivity index (χ2v) is 7.31. The van der Waals surface area contributed by atoms with Crippen molar-refractivity contribution in [3.8, 4) is 5.75 Å². The molecule has 0 aliphatic rings. The second kappa shape index (κ2) is 10.8. The lowest BCUT2D eigenvalue weighted by atomic mass is 10.2. The molecule has 0 atom stereocenters. The number of hydrogen-bond donors (Lipinski definition) is 3. The van der Waals surface area contributed by atoms with Gasteiger partial charge in [-0.1, -0.05) is 35.3 Å². The fourth-order valence-electron chi connectivity index (χ4n) is 2.39. The average Bonchev–Trinajstić information content (AvgIpc) is 2.67.